The van der Waals surface area contributed by atoms with Crippen LogP contribution in [0.15, 0.2) is 0 Å². The van der Waals surface area contributed by atoms with Crippen LogP contribution < -0.4 is 5.48 Å². The average Bonchev–Trinajstić information content (AvgIpc) is 2.82. The third-order valence-electron chi connectivity index (χ3n) is 3.27. The number of aliphatic carboxylic acids is 1. The van der Waals surface area contributed by atoms with Gasteiger partial charge in [0.2, 0.25) is 0 Å². The molecule has 0 spiro atoms. The maximum absolute atomic E-state index is 11.6. The van der Waals surface area contributed by atoms with Gasteiger partial charge < -0.3 is 9.94 Å². The first-order chi connectivity index (χ1) is 9.95. The van der Waals surface area contributed by atoms with Gasteiger partial charge in [0.25, 0.3) is 5.91 Å². The van der Waals surface area contributed by atoms with Gasteiger partial charge >= 0.3 is 11.9 Å². The van der Waals surface area contributed by atoms with Crippen molar-refractivity contribution in [1.29, 1.82) is 0 Å². The highest BCUT2D eigenvalue weighted by Gasteiger charge is 2.38. The lowest BCUT2D eigenvalue weighted by atomic mass is 9.98. The summed E-state index contributed by atoms with van der Waals surface area (Å²) >= 11 is 1.35. The Bertz CT molecular complexity index is 425. The molecule has 2 N–H and O–H groups in total. The van der Waals surface area contributed by atoms with Crippen molar-refractivity contribution in [3.05, 3.63) is 0 Å². The standard InChI is InChI=1S/C13H19NO6S/c1-2-11(16)14-20-12(17)5-6-21-7-9-8(13(18)19)3-4-10(9)15/h8-9H,2-7H2,1H3,(H,14,16)(H,18,19). The number of hydrogen-bond donors (Lipinski definition) is 2. The molecule has 1 rings (SSSR count). The average molecular weight is 317 g/mol. The molecule has 0 bridgehead atoms. The van der Waals surface area contributed by atoms with Gasteiger partial charge in [-0.25, -0.2) is 4.79 Å². The molecule has 1 saturated carbocycles. The summed E-state index contributed by atoms with van der Waals surface area (Å²) in [5, 5.41) is 9.02. The van der Waals surface area contributed by atoms with Crippen molar-refractivity contribution in [3.63, 3.8) is 0 Å². The van der Waals surface area contributed by atoms with Gasteiger partial charge in [-0.15, -0.1) is 0 Å². The molecule has 1 amide bonds. The van der Waals surface area contributed by atoms with E-state index in [2.05, 4.69) is 4.84 Å². The van der Waals surface area contributed by atoms with Gasteiger partial charge in [0.1, 0.15) is 5.78 Å². The van der Waals surface area contributed by atoms with Crippen molar-refractivity contribution >= 4 is 35.4 Å². The summed E-state index contributed by atoms with van der Waals surface area (Å²) in [6.07, 6.45) is 1.02. The maximum Gasteiger partial charge on any atom is 0.333 e. The molecular weight excluding hydrogens is 298 g/mol. The molecule has 0 saturated heterocycles. The Kier molecular flexibility index (Phi) is 7.21. The molecular formula is C13H19NO6S. The molecule has 118 valence electrons. The van der Waals surface area contributed by atoms with Crippen LogP contribution in [-0.2, 0) is 24.0 Å². The molecule has 0 aliphatic heterocycles. The number of thioether (sulfide) groups is 1. The third kappa shape index (κ3) is 5.74. The Labute approximate surface area is 126 Å². The Hall–Kier alpha value is -1.57. The molecule has 21 heavy (non-hydrogen) atoms. The maximum atomic E-state index is 11.6. The first-order valence-corrected chi connectivity index (χ1v) is 7.93. The van der Waals surface area contributed by atoms with Crippen LogP contribution >= 0.6 is 11.8 Å². The van der Waals surface area contributed by atoms with E-state index in [1.54, 1.807) is 6.92 Å². The summed E-state index contributed by atoms with van der Waals surface area (Å²) in [5.74, 6) is -2.17. The minimum absolute atomic E-state index is 0.0207. The monoisotopic (exact) mass is 317 g/mol. The number of ketones is 1. The zero-order valence-electron chi connectivity index (χ0n) is 11.8. The highest BCUT2D eigenvalue weighted by atomic mass is 32.2. The topological polar surface area (TPSA) is 110 Å². The van der Waals surface area contributed by atoms with Crippen LogP contribution in [-0.4, -0.2) is 40.2 Å². The van der Waals surface area contributed by atoms with Crippen LogP contribution in [0.25, 0.3) is 0 Å². The number of carboxylic acid groups (broad SMARTS) is 1. The SMILES string of the molecule is CCC(=O)NOC(=O)CCSCC1C(=O)CCC1C(=O)O. The van der Waals surface area contributed by atoms with Gasteiger partial charge in [-0.3, -0.25) is 14.4 Å². The van der Waals surface area contributed by atoms with Crippen LogP contribution in [0, 0.1) is 11.8 Å². The first-order valence-electron chi connectivity index (χ1n) is 6.77. The zero-order valence-corrected chi connectivity index (χ0v) is 12.6. The number of hydrogen-bond acceptors (Lipinski definition) is 6. The quantitative estimate of drug-likeness (QED) is 0.527. The Morgan fingerprint density at radius 1 is 1.43 bits per heavy atom. The van der Waals surface area contributed by atoms with E-state index < -0.39 is 23.8 Å². The van der Waals surface area contributed by atoms with E-state index in [4.69, 9.17) is 5.11 Å². The minimum Gasteiger partial charge on any atom is -0.481 e. The normalized spacial score (nSPS) is 21.1. The van der Waals surface area contributed by atoms with E-state index in [1.165, 1.54) is 11.8 Å². The fourth-order valence-corrected chi connectivity index (χ4v) is 3.17. The summed E-state index contributed by atoms with van der Waals surface area (Å²) in [5.41, 5.74) is 2.01. The van der Waals surface area contributed by atoms with Crippen LogP contribution in [0.4, 0.5) is 0 Å². The van der Waals surface area contributed by atoms with Gasteiger partial charge in [0.15, 0.2) is 0 Å². The largest absolute Gasteiger partial charge is 0.481 e. The number of hydroxylamine groups is 1. The summed E-state index contributed by atoms with van der Waals surface area (Å²) in [6.45, 7) is 1.64. The van der Waals surface area contributed by atoms with Gasteiger partial charge in [-0.1, -0.05) is 6.92 Å². The molecule has 1 aliphatic carbocycles. The highest BCUT2D eigenvalue weighted by Crippen LogP contribution is 2.31. The van der Waals surface area contributed by atoms with Crippen molar-refractivity contribution in [2.75, 3.05) is 11.5 Å². The van der Waals surface area contributed by atoms with E-state index in [0.717, 1.165) is 0 Å². The van der Waals surface area contributed by atoms with E-state index in [0.29, 0.717) is 24.3 Å². The second-order valence-corrected chi connectivity index (χ2v) is 5.88. The van der Waals surface area contributed by atoms with Crippen molar-refractivity contribution in [1.82, 2.24) is 5.48 Å². The van der Waals surface area contributed by atoms with Gasteiger partial charge in [-0.2, -0.15) is 17.2 Å². The Balaban J connectivity index is 2.21. The van der Waals surface area contributed by atoms with Crippen molar-refractivity contribution in [2.24, 2.45) is 11.8 Å². The van der Waals surface area contributed by atoms with Crippen LogP contribution in [0.3, 0.4) is 0 Å². The number of carbonyl (C=O) groups is 4. The predicted octanol–water partition coefficient (Wildman–Crippen LogP) is 0.774. The number of carbonyl (C=O) groups excluding carboxylic acids is 3. The molecule has 2 unspecified atom stereocenters. The fraction of sp³-hybridized carbons (Fsp3) is 0.692. The molecule has 1 fully saturated rings. The number of rotatable bonds is 7. The van der Waals surface area contributed by atoms with Crippen LogP contribution in [0.1, 0.15) is 32.6 Å². The van der Waals surface area contributed by atoms with Gasteiger partial charge in [-0.05, 0) is 6.42 Å². The van der Waals surface area contributed by atoms with Gasteiger partial charge in [0.05, 0.1) is 12.3 Å². The van der Waals surface area contributed by atoms with Crippen molar-refractivity contribution < 1.29 is 29.1 Å². The minimum atomic E-state index is -0.937. The molecule has 0 aromatic heterocycles. The van der Waals surface area contributed by atoms with E-state index in [9.17, 15) is 19.2 Å². The predicted molar refractivity (Wildman–Crippen MR) is 75.3 cm³/mol. The zero-order chi connectivity index (χ0) is 15.8. The lowest BCUT2D eigenvalue weighted by Gasteiger charge is -2.13. The number of carboxylic acids is 1. The molecule has 1 aliphatic rings. The fourth-order valence-electron chi connectivity index (χ4n) is 2.02. The lowest BCUT2D eigenvalue weighted by Crippen LogP contribution is -2.26. The van der Waals surface area contributed by atoms with Crippen LogP contribution in [0.2, 0.25) is 0 Å². The summed E-state index contributed by atoms with van der Waals surface area (Å²) in [6, 6.07) is 0. The number of nitrogens with one attached hydrogen (secondary N) is 1. The molecule has 0 radical (unpaired) electrons. The molecule has 0 heterocycles. The lowest BCUT2D eigenvalue weighted by molar-refractivity contribution is -0.157. The van der Waals surface area contributed by atoms with Gasteiger partial charge in [0, 0.05) is 30.3 Å². The molecule has 0 aromatic rings. The molecule has 8 heteroatoms. The van der Waals surface area contributed by atoms with E-state index in [-0.39, 0.29) is 24.5 Å². The summed E-state index contributed by atoms with van der Waals surface area (Å²) in [7, 11) is 0. The van der Waals surface area contributed by atoms with Crippen LogP contribution in [0.5, 0.6) is 0 Å². The molecule has 0 aromatic carbocycles. The first kappa shape index (κ1) is 17.5. The smallest absolute Gasteiger partial charge is 0.333 e. The van der Waals surface area contributed by atoms with E-state index >= 15 is 0 Å². The molecule has 2 atom stereocenters. The van der Waals surface area contributed by atoms with E-state index in [1.807, 2.05) is 5.48 Å². The van der Waals surface area contributed by atoms with Crippen molar-refractivity contribution in [3.8, 4) is 0 Å². The second-order valence-electron chi connectivity index (χ2n) is 4.73. The Morgan fingerprint density at radius 2 is 2.14 bits per heavy atom. The third-order valence-corrected chi connectivity index (χ3v) is 4.35. The highest BCUT2D eigenvalue weighted by molar-refractivity contribution is 7.99. The Morgan fingerprint density at radius 3 is 2.76 bits per heavy atom. The summed E-state index contributed by atoms with van der Waals surface area (Å²) < 4.78 is 0. The summed E-state index contributed by atoms with van der Waals surface area (Å²) in [4.78, 5) is 49.3. The number of amides is 1. The number of Topliss-reactive ketones (excluding diaryl/α,β-unsaturated/α-hetero) is 1. The second kappa shape index (κ2) is 8.66. The van der Waals surface area contributed by atoms with Crippen molar-refractivity contribution in [2.45, 2.75) is 32.6 Å². The molecule has 7 nitrogen and oxygen atoms in total.